The molecule has 0 aliphatic heterocycles. The van der Waals surface area contributed by atoms with Crippen LogP contribution in [0.3, 0.4) is 0 Å². The second-order valence-corrected chi connectivity index (χ2v) is 3.68. The molecule has 1 amide bonds. The predicted molar refractivity (Wildman–Crippen MR) is 64.6 cm³/mol. The fraction of sp³-hybridized carbons (Fsp3) is 0.417. The quantitative estimate of drug-likeness (QED) is 0.709. The Morgan fingerprint density at radius 3 is 2.78 bits per heavy atom. The summed E-state index contributed by atoms with van der Waals surface area (Å²) in [7, 11) is 0. The summed E-state index contributed by atoms with van der Waals surface area (Å²) >= 11 is 0. The molecule has 1 aromatic rings. The van der Waals surface area contributed by atoms with E-state index < -0.39 is 5.97 Å². The van der Waals surface area contributed by atoms with Crippen LogP contribution in [0.5, 0.6) is 5.75 Å². The maximum atomic E-state index is 11.3. The van der Waals surface area contributed by atoms with Crippen LogP contribution in [0.25, 0.3) is 0 Å². The molecule has 0 saturated carbocycles. The van der Waals surface area contributed by atoms with Gasteiger partial charge in [0.25, 0.3) is 5.91 Å². The van der Waals surface area contributed by atoms with E-state index in [1.54, 1.807) is 0 Å². The Hall–Kier alpha value is -2.11. The first kappa shape index (κ1) is 14.0. The number of unbranched alkanes of at least 4 members (excludes halogenated alkanes) is 1. The molecule has 0 unspecified atom stereocenters. The van der Waals surface area contributed by atoms with Crippen molar-refractivity contribution >= 4 is 11.9 Å². The average Bonchev–Trinajstić information content (AvgIpc) is 2.37. The number of carbonyl (C=O) groups is 2. The number of carbonyl (C=O) groups excluding carboxylic acids is 1. The molecule has 0 radical (unpaired) electrons. The Morgan fingerprint density at radius 1 is 1.44 bits per heavy atom. The summed E-state index contributed by atoms with van der Waals surface area (Å²) in [5, 5.41) is 11.4. The molecule has 6 heteroatoms. The van der Waals surface area contributed by atoms with Gasteiger partial charge in [-0.2, -0.15) is 0 Å². The van der Waals surface area contributed by atoms with Gasteiger partial charge in [0.2, 0.25) is 0 Å². The molecule has 2 N–H and O–H groups in total. The van der Waals surface area contributed by atoms with E-state index in [0.29, 0.717) is 12.3 Å². The van der Waals surface area contributed by atoms with Crippen LogP contribution in [-0.2, 0) is 4.79 Å². The highest BCUT2D eigenvalue weighted by atomic mass is 16.5. The van der Waals surface area contributed by atoms with Gasteiger partial charge in [0, 0.05) is 6.54 Å². The lowest BCUT2D eigenvalue weighted by Gasteiger charge is -2.06. The van der Waals surface area contributed by atoms with Crippen LogP contribution in [0, 0.1) is 0 Å². The zero-order valence-electron chi connectivity index (χ0n) is 10.2. The third-order valence-corrected chi connectivity index (χ3v) is 2.18. The summed E-state index contributed by atoms with van der Waals surface area (Å²) in [5.41, 5.74) is -0.0604. The highest BCUT2D eigenvalue weighted by Crippen LogP contribution is 2.08. The predicted octanol–water partition coefficient (Wildman–Crippen LogP) is 1.07. The first-order valence-corrected chi connectivity index (χ1v) is 5.72. The fourth-order valence-electron chi connectivity index (χ4n) is 1.20. The van der Waals surface area contributed by atoms with Crippen molar-refractivity contribution in [3.8, 4) is 5.75 Å². The van der Waals surface area contributed by atoms with E-state index in [1.165, 1.54) is 18.3 Å². The summed E-state index contributed by atoms with van der Waals surface area (Å²) in [5.74, 6) is -0.935. The number of rotatable bonds is 7. The highest BCUT2D eigenvalue weighted by molar-refractivity contribution is 5.85. The lowest BCUT2D eigenvalue weighted by atomic mass is 10.3. The zero-order valence-corrected chi connectivity index (χ0v) is 10.2. The molecule has 0 aromatic carbocycles. The summed E-state index contributed by atoms with van der Waals surface area (Å²) < 4.78 is 5.17. The first-order valence-electron chi connectivity index (χ1n) is 5.72. The SMILES string of the molecule is CCCCNC(=O)COc1ccc(C(=O)O)nc1. The average molecular weight is 252 g/mol. The van der Waals surface area contributed by atoms with Gasteiger partial charge in [-0.15, -0.1) is 0 Å². The van der Waals surface area contributed by atoms with Gasteiger partial charge in [0.05, 0.1) is 6.20 Å². The lowest BCUT2D eigenvalue weighted by Crippen LogP contribution is -2.29. The summed E-state index contributed by atoms with van der Waals surface area (Å²) in [6, 6.07) is 2.79. The smallest absolute Gasteiger partial charge is 0.354 e. The molecule has 18 heavy (non-hydrogen) atoms. The minimum atomic E-state index is -1.10. The van der Waals surface area contributed by atoms with E-state index in [9.17, 15) is 9.59 Å². The Balaban J connectivity index is 2.34. The van der Waals surface area contributed by atoms with Crippen LogP contribution in [0.15, 0.2) is 18.3 Å². The number of nitrogens with zero attached hydrogens (tertiary/aromatic N) is 1. The zero-order chi connectivity index (χ0) is 13.4. The molecule has 0 saturated heterocycles. The number of pyridine rings is 1. The highest BCUT2D eigenvalue weighted by Gasteiger charge is 2.05. The molecular weight excluding hydrogens is 236 g/mol. The largest absolute Gasteiger partial charge is 0.482 e. The molecule has 6 nitrogen and oxygen atoms in total. The molecule has 1 rings (SSSR count). The van der Waals surface area contributed by atoms with Crippen molar-refractivity contribution in [1.82, 2.24) is 10.3 Å². The molecule has 0 atom stereocenters. The number of ether oxygens (including phenoxy) is 1. The third kappa shape index (κ3) is 4.82. The van der Waals surface area contributed by atoms with Gasteiger partial charge in [0.15, 0.2) is 6.61 Å². The number of carboxylic acid groups (broad SMARTS) is 1. The lowest BCUT2D eigenvalue weighted by molar-refractivity contribution is -0.123. The van der Waals surface area contributed by atoms with Crippen LogP contribution in [0.4, 0.5) is 0 Å². The number of carboxylic acids is 1. The Morgan fingerprint density at radius 2 is 2.22 bits per heavy atom. The van der Waals surface area contributed by atoms with Crippen molar-refractivity contribution in [2.24, 2.45) is 0 Å². The third-order valence-electron chi connectivity index (χ3n) is 2.18. The van der Waals surface area contributed by atoms with Crippen LogP contribution in [-0.4, -0.2) is 35.1 Å². The van der Waals surface area contributed by atoms with Gasteiger partial charge in [-0.3, -0.25) is 4.79 Å². The minimum absolute atomic E-state index is 0.0604. The summed E-state index contributed by atoms with van der Waals surface area (Å²) in [6.07, 6.45) is 3.23. The van der Waals surface area contributed by atoms with Gasteiger partial charge in [-0.25, -0.2) is 9.78 Å². The second-order valence-electron chi connectivity index (χ2n) is 3.68. The van der Waals surface area contributed by atoms with Crippen molar-refractivity contribution in [2.45, 2.75) is 19.8 Å². The Labute approximate surface area is 105 Å². The Kier molecular flexibility index (Phi) is 5.63. The standard InChI is InChI=1S/C12H16N2O4/c1-2-3-6-13-11(15)8-18-9-4-5-10(12(16)17)14-7-9/h4-5,7H,2-3,6,8H2,1H3,(H,13,15)(H,16,17). The number of amides is 1. The maximum absolute atomic E-state index is 11.3. The van der Waals surface area contributed by atoms with Gasteiger partial charge in [-0.1, -0.05) is 13.3 Å². The van der Waals surface area contributed by atoms with Crippen LogP contribution in [0.2, 0.25) is 0 Å². The minimum Gasteiger partial charge on any atom is -0.482 e. The molecule has 0 aliphatic carbocycles. The normalized spacial score (nSPS) is 9.83. The number of aromatic carboxylic acids is 1. The molecule has 0 spiro atoms. The number of hydrogen-bond acceptors (Lipinski definition) is 4. The number of hydrogen-bond donors (Lipinski definition) is 2. The van der Waals surface area contributed by atoms with E-state index in [1.807, 2.05) is 6.92 Å². The molecule has 0 bridgehead atoms. The molecule has 98 valence electrons. The Bertz CT molecular complexity index is 403. The van der Waals surface area contributed by atoms with Crippen molar-refractivity contribution in [3.05, 3.63) is 24.0 Å². The second kappa shape index (κ2) is 7.26. The van der Waals surface area contributed by atoms with Crippen molar-refractivity contribution in [3.63, 3.8) is 0 Å². The summed E-state index contributed by atoms with van der Waals surface area (Å²) in [4.78, 5) is 25.5. The molecule has 1 heterocycles. The maximum Gasteiger partial charge on any atom is 0.354 e. The van der Waals surface area contributed by atoms with E-state index >= 15 is 0 Å². The van der Waals surface area contributed by atoms with E-state index in [0.717, 1.165) is 12.8 Å². The van der Waals surface area contributed by atoms with Gasteiger partial charge < -0.3 is 15.2 Å². The summed E-state index contributed by atoms with van der Waals surface area (Å²) in [6.45, 7) is 2.57. The van der Waals surface area contributed by atoms with Gasteiger partial charge in [-0.05, 0) is 18.6 Å². The molecular formula is C12H16N2O4. The van der Waals surface area contributed by atoms with Crippen LogP contribution < -0.4 is 10.1 Å². The van der Waals surface area contributed by atoms with Gasteiger partial charge >= 0.3 is 5.97 Å². The molecule has 0 fully saturated rings. The number of aromatic nitrogens is 1. The molecule has 0 aliphatic rings. The van der Waals surface area contributed by atoms with E-state index in [4.69, 9.17) is 9.84 Å². The topological polar surface area (TPSA) is 88.5 Å². The van der Waals surface area contributed by atoms with Crippen LogP contribution >= 0.6 is 0 Å². The fourth-order valence-corrected chi connectivity index (χ4v) is 1.20. The van der Waals surface area contributed by atoms with Gasteiger partial charge in [0.1, 0.15) is 11.4 Å². The van der Waals surface area contributed by atoms with E-state index in [2.05, 4.69) is 10.3 Å². The van der Waals surface area contributed by atoms with Crippen LogP contribution in [0.1, 0.15) is 30.3 Å². The van der Waals surface area contributed by atoms with Crippen molar-refractivity contribution < 1.29 is 19.4 Å². The first-order chi connectivity index (χ1) is 8.63. The van der Waals surface area contributed by atoms with Crippen molar-refractivity contribution in [2.75, 3.05) is 13.2 Å². The monoisotopic (exact) mass is 252 g/mol. The van der Waals surface area contributed by atoms with E-state index in [-0.39, 0.29) is 18.2 Å². The molecule has 1 aromatic heterocycles. The number of nitrogens with one attached hydrogen (secondary N) is 1. The van der Waals surface area contributed by atoms with Crippen molar-refractivity contribution in [1.29, 1.82) is 0 Å².